The quantitative estimate of drug-likeness (QED) is 0.324. The van der Waals surface area contributed by atoms with Gasteiger partial charge in [-0.15, -0.1) is 0 Å². The van der Waals surface area contributed by atoms with Gasteiger partial charge in [-0.1, -0.05) is 11.3 Å². The average Bonchev–Trinajstić information content (AvgIpc) is 3.20. The molecule has 1 amide bonds. The van der Waals surface area contributed by atoms with E-state index in [0.717, 1.165) is 22.3 Å². The Morgan fingerprint density at radius 2 is 1.81 bits per heavy atom. The van der Waals surface area contributed by atoms with Gasteiger partial charge in [0.05, 0.1) is 28.8 Å². The van der Waals surface area contributed by atoms with Crippen molar-refractivity contribution in [2.75, 3.05) is 25.0 Å². The van der Waals surface area contributed by atoms with E-state index in [-0.39, 0.29) is 10.6 Å². The molecule has 0 radical (unpaired) electrons. The summed E-state index contributed by atoms with van der Waals surface area (Å²) in [5.41, 5.74) is 1.47. The van der Waals surface area contributed by atoms with Crippen molar-refractivity contribution >= 4 is 43.2 Å². The summed E-state index contributed by atoms with van der Waals surface area (Å²) in [5.74, 6) is -0.290. The first-order chi connectivity index (χ1) is 17.3. The number of amides is 1. The normalized spacial score (nSPS) is 12.1. The van der Waals surface area contributed by atoms with Crippen LogP contribution in [0.4, 0.5) is 10.1 Å². The zero-order valence-electron chi connectivity index (χ0n) is 19.6. The van der Waals surface area contributed by atoms with E-state index in [1.807, 2.05) is 29.7 Å². The predicted molar refractivity (Wildman–Crippen MR) is 136 cm³/mol. The Kier molecular flexibility index (Phi) is 7.82. The van der Waals surface area contributed by atoms with Crippen LogP contribution in [0.15, 0.2) is 76.6 Å². The zero-order valence-corrected chi connectivity index (χ0v) is 21.2. The SMILES string of the molecule is CCOCCn1c(=NC(=O)c2ccc(NS(=O)(=O)c3ccc(F)cc3)cc2)sc2cc(OC)ccc21. The second-order valence-corrected chi connectivity index (χ2v) is 10.3. The second kappa shape index (κ2) is 11.0. The van der Waals surface area contributed by atoms with Gasteiger partial charge in [-0.2, -0.15) is 4.99 Å². The maximum absolute atomic E-state index is 13.1. The van der Waals surface area contributed by atoms with Crippen LogP contribution in [-0.2, 0) is 21.3 Å². The molecule has 0 unspecified atom stereocenters. The summed E-state index contributed by atoms with van der Waals surface area (Å²) in [6.45, 7) is 3.49. The number of rotatable bonds is 9. The highest BCUT2D eigenvalue weighted by molar-refractivity contribution is 7.92. The smallest absolute Gasteiger partial charge is 0.279 e. The van der Waals surface area contributed by atoms with Gasteiger partial charge in [-0.25, -0.2) is 12.8 Å². The number of fused-ring (bicyclic) bond motifs is 1. The van der Waals surface area contributed by atoms with Crippen LogP contribution in [-0.4, -0.2) is 39.2 Å². The average molecular weight is 530 g/mol. The number of hydrogen-bond donors (Lipinski definition) is 1. The van der Waals surface area contributed by atoms with E-state index in [1.54, 1.807) is 7.11 Å². The topological polar surface area (TPSA) is 99.0 Å². The van der Waals surface area contributed by atoms with Gasteiger partial charge in [0.1, 0.15) is 11.6 Å². The minimum atomic E-state index is -3.90. The number of hydrogen-bond acceptors (Lipinski definition) is 6. The van der Waals surface area contributed by atoms with Gasteiger partial charge in [-0.05, 0) is 73.7 Å². The molecule has 8 nitrogen and oxygen atoms in total. The van der Waals surface area contributed by atoms with E-state index in [0.29, 0.717) is 35.9 Å². The maximum Gasteiger partial charge on any atom is 0.279 e. The van der Waals surface area contributed by atoms with Crippen molar-refractivity contribution in [3.05, 3.63) is 82.9 Å². The minimum absolute atomic E-state index is 0.0722. The first-order valence-electron chi connectivity index (χ1n) is 11.0. The molecule has 1 heterocycles. The Labute approximate surface area is 211 Å². The number of methoxy groups -OCH3 is 1. The molecule has 0 saturated heterocycles. The fourth-order valence-corrected chi connectivity index (χ4v) is 5.58. The van der Waals surface area contributed by atoms with E-state index in [9.17, 15) is 17.6 Å². The summed E-state index contributed by atoms with van der Waals surface area (Å²) in [6, 6.07) is 16.1. The molecule has 4 aromatic rings. The lowest BCUT2D eigenvalue weighted by atomic mass is 10.2. The Morgan fingerprint density at radius 1 is 1.08 bits per heavy atom. The fraction of sp³-hybridized carbons (Fsp3) is 0.200. The van der Waals surface area contributed by atoms with Gasteiger partial charge in [0.15, 0.2) is 4.80 Å². The summed E-state index contributed by atoms with van der Waals surface area (Å²) in [4.78, 5) is 17.7. The second-order valence-electron chi connectivity index (χ2n) is 7.62. The molecule has 3 aromatic carbocycles. The molecule has 0 spiro atoms. The van der Waals surface area contributed by atoms with Gasteiger partial charge < -0.3 is 14.0 Å². The number of nitrogens with one attached hydrogen (secondary N) is 1. The number of anilines is 1. The number of benzene rings is 3. The van der Waals surface area contributed by atoms with Crippen LogP contribution in [0.3, 0.4) is 0 Å². The van der Waals surface area contributed by atoms with Crippen LogP contribution in [0.25, 0.3) is 10.2 Å². The first kappa shape index (κ1) is 25.5. The lowest BCUT2D eigenvalue weighted by molar-refractivity contribution is 0.0996. The van der Waals surface area contributed by atoms with Crippen LogP contribution in [0.5, 0.6) is 5.75 Å². The molecule has 36 heavy (non-hydrogen) atoms. The molecular formula is C25H24FN3O5S2. The van der Waals surface area contributed by atoms with Crippen molar-refractivity contribution < 1.29 is 27.1 Å². The molecule has 0 aliphatic rings. The molecule has 1 aromatic heterocycles. The molecule has 0 fully saturated rings. The van der Waals surface area contributed by atoms with E-state index >= 15 is 0 Å². The Bertz CT molecular complexity index is 1540. The molecular weight excluding hydrogens is 505 g/mol. The molecule has 0 atom stereocenters. The molecule has 1 N–H and O–H groups in total. The highest BCUT2D eigenvalue weighted by atomic mass is 32.2. The standard InChI is InChI=1S/C25H24FN3O5S2/c1-3-34-15-14-29-22-13-10-20(33-2)16-23(22)35-25(29)27-24(30)17-4-8-19(9-5-17)28-36(31,32)21-11-6-18(26)7-12-21/h4-13,16,28H,3,14-15H2,1-2H3. The molecule has 188 valence electrons. The Hall–Kier alpha value is -3.54. The fourth-order valence-electron chi connectivity index (χ4n) is 3.44. The van der Waals surface area contributed by atoms with Crippen molar-refractivity contribution in [1.82, 2.24) is 4.57 Å². The lowest BCUT2D eigenvalue weighted by Crippen LogP contribution is -2.19. The van der Waals surface area contributed by atoms with Crippen molar-refractivity contribution in [2.24, 2.45) is 4.99 Å². The van der Waals surface area contributed by atoms with Crippen LogP contribution < -0.4 is 14.3 Å². The largest absolute Gasteiger partial charge is 0.497 e. The van der Waals surface area contributed by atoms with Crippen molar-refractivity contribution in [3.63, 3.8) is 0 Å². The number of sulfonamides is 1. The molecule has 0 aliphatic heterocycles. The van der Waals surface area contributed by atoms with Gasteiger partial charge in [0.25, 0.3) is 15.9 Å². The Balaban J connectivity index is 1.59. The summed E-state index contributed by atoms with van der Waals surface area (Å²) < 4.78 is 54.2. The molecule has 0 saturated carbocycles. The van der Waals surface area contributed by atoms with Gasteiger partial charge in [0, 0.05) is 24.4 Å². The van der Waals surface area contributed by atoms with E-state index in [4.69, 9.17) is 9.47 Å². The summed E-state index contributed by atoms with van der Waals surface area (Å²) in [7, 11) is -2.30. The summed E-state index contributed by atoms with van der Waals surface area (Å²) >= 11 is 1.37. The van der Waals surface area contributed by atoms with Gasteiger partial charge in [-0.3, -0.25) is 9.52 Å². The molecule has 0 bridgehead atoms. The monoisotopic (exact) mass is 529 g/mol. The van der Waals surface area contributed by atoms with Gasteiger partial charge >= 0.3 is 0 Å². The highest BCUT2D eigenvalue weighted by Crippen LogP contribution is 2.23. The number of carbonyl (C=O) groups excluding carboxylic acids is 1. The van der Waals surface area contributed by atoms with Crippen LogP contribution in [0.2, 0.25) is 0 Å². The van der Waals surface area contributed by atoms with E-state index in [1.165, 1.54) is 47.7 Å². The van der Waals surface area contributed by atoms with Crippen LogP contribution in [0.1, 0.15) is 17.3 Å². The number of halogens is 1. The molecule has 0 aliphatic carbocycles. The maximum atomic E-state index is 13.1. The highest BCUT2D eigenvalue weighted by Gasteiger charge is 2.15. The van der Waals surface area contributed by atoms with Gasteiger partial charge in [0.2, 0.25) is 0 Å². The third kappa shape index (κ3) is 5.81. The predicted octanol–water partition coefficient (Wildman–Crippen LogP) is 4.43. The number of nitrogens with zero attached hydrogens (tertiary/aromatic N) is 2. The van der Waals surface area contributed by atoms with Crippen molar-refractivity contribution in [1.29, 1.82) is 0 Å². The van der Waals surface area contributed by atoms with Crippen molar-refractivity contribution in [3.8, 4) is 5.75 Å². The lowest BCUT2D eigenvalue weighted by Gasteiger charge is -2.08. The van der Waals surface area contributed by atoms with E-state index in [2.05, 4.69) is 9.71 Å². The van der Waals surface area contributed by atoms with Crippen LogP contribution in [0, 0.1) is 5.82 Å². The third-order valence-corrected chi connectivity index (χ3v) is 7.70. The Morgan fingerprint density at radius 3 is 2.47 bits per heavy atom. The molecule has 11 heteroatoms. The summed E-state index contributed by atoms with van der Waals surface area (Å²) in [5, 5.41) is 0. The van der Waals surface area contributed by atoms with Crippen molar-refractivity contribution in [2.45, 2.75) is 18.4 Å². The number of ether oxygens (including phenoxy) is 2. The number of aromatic nitrogens is 1. The number of thiazole rings is 1. The summed E-state index contributed by atoms with van der Waals surface area (Å²) in [6.07, 6.45) is 0. The molecule has 4 rings (SSSR count). The minimum Gasteiger partial charge on any atom is -0.497 e. The number of carbonyl (C=O) groups is 1. The zero-order chi connectivity index (χ0) is 25.7. The van der Waals surface area contributed by atoms with E-state index < -0.39 is 21.7 Å². The van der Waals surface area contributed by atoms with Crippen LogP contribution >= 0.6 is 11.3 Å². The third-order valence-electron chi connectivity index (χ3n) is 5.26. The first-order valence-corrected chi connectivity index (χ1v) is 13.3.